The summed E-state index contributed by atoms with van der Waals surface area (Å²) in [4.78, 5) is 16.8. The Morgan fingerprint density at radius 1 is 0.917 bits per heavy atom. The van der Waals surface area contributed by atoms with E-state index in [1.807, 2.05) is 67.6 Å². The number of hydrogen-bond donors (Lipinski definition) is 1. The maximum Gasteiger partial charge on any atom is 0.283 e. The third-order valence-corrected chi connectivity index (χ3v) is 6.41. The van der Waals surface area contributed by atoms with Gasteiger partial charge in [0.15, 0.2) is 5.84 Å². The molecule has 5 rings (SSSR count). The average molecular weight is 497 g/mol. The Hall–Kier alpha value is -4.17. The molecule has 8 heteroatoms. The Morgan fingerprint density at radius 2 is 1.64 bits per heavy atom. The lowest BCUT2D eigenvalue weighted by Crippen LogP contribution is -2.35. The standard InChI is InChI=1S/C28H24N4O3S/c1-18-5-3-7-21(13-18)16-34-22-11-9-20(10-12-22)15-24-26(29)32-28(30-27(24)33)36-25(31-32)17-35-23-8-4-6-19(2)14-23/h3-15,29H,16-17H2,1-2H3/b24-15-,29-26?. The molecule has 0 aliphatic carbocycles. The molecule has 36 heavy (non-hydrogen) atoms. The fraction of sp³-hybridized carbons (Fsp3) is 0.143. The first-order valence-electron chi connectivity index (χ1n) is 11.4. The van der Waals surface area contributed by atoms with Crippen LogP contribution in [0, 0.1) is 19.3 Å². The lowest BCUT2D eigenvalue weighted by Gasteiger charge is -2.20. The van der Waals surface area contributed by atoms with Crippen molar-refractivity contribution >= 4 is 39.8 Å². The molecule has 0 bridgehead atoms. The fourth-order valence-corrected chi connectivity index (χ4v) is 4.53. The number of ether oxygens (including phenoxy) is 2. The number of rotatable bonds is 7. The van der Waals surface area contributed by atoms with Crippen molar-refractivity contribution in [2.45, 2.75) is 20.5 Å². The van der Waals surface area contributed by atoms with Crippen molar-refractivity contribution in [2.75, 3.05) is 6.61 Å². The number of nitrogens with zero attached hydrogens (tertiary/aromatic N) is 3. The van der Waals surface area contributed by atoms with Crippen LogP contribution in [0.1, 0.15) is 22.3 Å². The van der Waals surface area contributed by atoms with Gasteiger partial charge in [-0.1, -0.05) is 54.1 Å². The van der Waals surface area contributed by atoms with Crippen LogP contribution in [0.15, 0.2) is 88.5 Å². The van der Waals surface area contributed by atoms with E-state index in [1.165, 1.54) is 22.3 Å². The molecule has 0 spiro atoms. The first-order valence-corrected chi connectivity index (χ1v) is 12.2. The molecule has 3 aromatic rings. The van der Waals surface area contributed by atoms with E-state index in [0.29, 0.717) is 16.8 Å². The van der Waals surface area contributed by atoms with Crippen molar-refractivity contribution in [2.24, 2.45) is 10.1 Å². The Labute approximate surface area is 213 Å². The second-order valence-corrected chi connectivity index (χ2v) is 9.51. The fourth-order valence-electron chi connectivity index (χ4n) is 3.74. The summed E-state index contributed by atoms with van der Waals surface area (Å²) in [5, 5.41) is 15.4. The molecule has 3 aromatic carbocycles. The zero-order chi connectivity index (χ0) is 25.1. The third kappa shape index (κ3) is 5.39. The molecule has 0 atom stereocenters. The molecular formula is C28H24N4O3S. The number of nitrogens with one attached hydrogen (secondary N) is 1. The summed E-state index contributed by atoms with van der Waals surface area (Å²) in [5.74, 6) is 0.989. The minimum atomic E-state index is -0.463. The first kappa shape index (κ1) is 23.6. The van der Waals surface area contributed by atoms with Gasteiger partial charge in [-0.25, -0.2) is 0 Å². The van der Waals surface area contributed by atoms with E-state index in [9.17, 15) is 4.79 Å². The zero-order valence-electron chi connectivity index (χ0n) is 19.9. The summed E-state index contributed by atoms with van der Waals surface area (Å²) in [6, 6.07) is 23.3. The van der Waals surface area contributed by atoms with Crippen LogP contribution >= 0.6 is 11.8 Å². The van der Waals surface area contributed by atoms with Gasteiger partial charge in [0.25, 0.3) is 5.91 Å². The van der Waals surface area contributed by atoms with E-state index < -0.39 is 5.91 Å². The summed E-state index contributed by atoms with van der Waals surface area (Å²) < 4.78 is 11.7. The van der Waals surface area contributed by atoms with Gasteiger partial charge in [-0.3, -0.25) is 10.2 Å². The molecule has 0 radical (unpaired) electrons. The van der Waals surface area contributed by atoms with Gasteiger partial charge in [0.2, 0.25) is 5.17 Å². The van der Waals surface area contributed by atoms with Crippen molar-refractivity contribution in [3.63, 3.8) is 0 Å². The summed E-state index contributed by atoms with van der Waals surface area (Å²) in [7, 11) is 0. The molecule has 1 amide bonds. The molecule has 0 unspecified atom stereocenters. The Balaban J connectivity index is 1.25. The van der Waals surface area contributed by atoms with Crippen molar-refractivity contribution in [1.82, 2.24) is 5.01 Å². The van der Waals surface area contributed by atoms with Crippen LogP contribution in [-0.4, -0.2) is 33.6 Å². The average Bonchev–Trinajstić information content (AvgIpc) is 3.28. The Bertz CT molecular complexity index is 1430. The molecule has 7 nitrogen and oxygen atoms in total. The number of thioether (sulfide) groups is 1. The van der Waals surface area contributed by atoms with E-state index >= 15 is 0 Å². The molecule has 0 saturated carbocycles. The summed E-state index contributed by atoms with van der Waals surface area (Å²) in [6.45, 7) is 4.75. The molecule has 0 fully saturated rings. The van der Waals surface area contributed by atoms with Crippen LogP contribution in [0.25, 0.3) is 6.08 Å². The molecule has 180 valence electrons. The van der Waals surface area contributed by atoms with Gasteiger partial charge in [0, 0.05) is 0 Å². The lowest BCUT2D eigenvalue weighted by atomic mass is 10.1. The van der Waals surface area contributed by atoms with Crippen molar-refractivity contribution < 1.29 is 14.3 Å². The normalized spacial score (nSPS) is 16.1. The highest BCUT2D eigenvalue weighted by molar-refractivity contribution is 8.27. The number of hydrazone groups is 1. The number of aliphatic imine (C=N–C) groups is 1. The predicted octanol–water partition coefficient (Wildman–Crippen LogP) is 5.58. The van der Waals surface area contributed by atoms with Crippen LogP contribution in [0.4, 0.5) is 0 Å². The molecule has 2 aliphatic heterocycles. The second kappa shape index (κ2) is 10.2. The monoisotopic (exact) mass is 496 g/mol. The van der Waals surface area contributed by atoms with E-state index in [2.05, 4.69) is 29.2 Å². The minimum absolute atomic E-state index is 0.0113. The highest BCUT2D eigenvalue weighted by Gasteiger charge is 2.35. The topological polar surface area (TPSA) is 87.3 Å². The minimum Gasteiger partial charge on any atom is -0.489 e. The van der Waals surface area contributed by atoms with Gasteiger partial charge < -0.3 is 9.47 Å². The van der Waals surface area contributed by atoms with Gasteiger partial charge in [0.1, 0.15) is 29.8 Å². The van der Waals surface area contributed by atoms with Crippen LogP contribution in [-0.2, 0) is 11.4 Å². The smallest absolute Gasteiger partial charge is 0.283 e. The van der Waals surface area contributed by atoms with Crippen LogP contribution in [0.2, 0.25) is 0 Å². The highest BCUT2D eigenvalue weighted by atomic mass is 32.2. The summed E-state index contributed by atoms with van der Waals surface area (Å²) >= 11 is 1.24. The molecule has 0 saturated heterocycles. The van der Waals surface area contributed by atoms with E-state index in [4.69, 9.17) is 14.9 Å². The van der Waals surface area contributed by atoms with Crippen LogP contribution in [0.5, 0.6) is 11.5 Å². The number of aryl methyl sites for hydroxylation is 2. The largest absolute Gasteiger partial charge is 0.489 e. The predicted molar refractivity (Wildman–Crippen MR) is 144 cm³/mol. The van der Waals surface area contributed by atoms with Crippen molar-refractivity contribution in [1.29, 1.82) is 5.41 Å². The zero-order valence-corrected chi connectivity index (χ0v) is 20.7. The number of amidine groups is 2. The number of carbonyl (C=O) groups is 1. The van der Waals surface area contributed by atoms with Gasteiger partial charge in [-0.05, 0) is 72.6 Å². The van der Waals surface area contributed by atoms with Crippen LogP contribution in [0.3, 0.4) is 0 Å². The molecule has 2 aliphatic rings. The lowest BCUT2D eigenvalue weighted by molar-refractivity contribution is -0.114. The van der Waals surface area contributed by atoms with E-state index in [0.717, 1.165) is 28.2 Å². The maximum absolute atomic E-state index is 12.7. The van der Waals surface area contributed by atoms with Gasteiger partial charge >= 0.3 is 0 Å². The number of hydrogen-bond acceptors (Lipinski definition) is 6. The summed E-state index contributed by atoms with van der Waals surface area (Å²) in [5.41, 5.74) is 4.34. The van der Waals surface area contributed by atoms with E-state index in [-0.39, 0.29) is 18.0 Å². The Morgan fingerprint density at radius 3 is 2.39 bits per heavy atom. The molecule has 1 N–H and O–H groups in total. The molecule has 2 heterocycles. The SMILES string of the molecule is Cc1cccc(COc2ccc(/C=C3/C(=N)N4N=C(COc5cccc(C)c5)SC4=NC3=O)cc2)c1. The number of amides is 1. The second-order valence-electron chi connectivity index (χ2n) is 8.47. The van der Waals surface area contributed by atoms with Crippen molar-refractivity contribution in [3.05, 3.63) is 101 Å². The van der Waals surface area contributed by atoms with Crippen LogP contribution < -0.4 is 9.47 Å². The van der Waals surface area contributed by atoms with Gasteiger partial charge in [-0.2, -0.15) is 15.1 Å². The maximum atomic E-state index is 12.7. The first-order chi connectivity index (χ1) is 17.4. The number of fused-ring (bicyclic) bond motifs is 1. The highest BCUT2D eigenvalue weighted by Crippen LogP contribution is 2.29. The number of benzene rings is 3. The van der Waals surface area contributed by atoms with E-state index in [1.54, 1.807) is 6.08 Å². The third-order valence-electron chi connectivity index (χ3n) is 5.53. The molecular weight excluding hydrogens is 472 g/mol. The van der Waals surface area contributed by atoms with Crippen molar-refractivity contribution in [3.8, 4) is 11.5 Å². The number of carbonyl (C=O) groups excluding carboxylic acids is 1. The summed E-state index contributed by atoms with van der Waals surface area (Å²) in [6.07, 6.45) is 1.65. The Kier molecular flexibility index (Phi) is 6.69. The van der Waals surface area contributed by atoms with Gasteiger partial charge in [-0.15, -0.1) is 0 Å². The quantitative estimate of drug-likeness (QED) is 0.432. The van der Waals surface area contributed by atoms with Gasteiger partial charge in [0.05, 0.1) is 5.57 Å². The molecule has 0 aromatic heterocycles.